The van der Waals surface area contributed by atoms with Gasteiger partial charge in [0.2, 0.25) is 0 Å². The molecule has 5 heterocycles. The number of benzene rings is 1. The van der Waals surface area contributed by atoms with Gasteiger partial charge in [0.05, 0.1) is 5.69 Å². The number of hydrogen-bond acceptors (Lipinski definition) is 6. The summed E-state index contributed by atoms with van der Waals surface area (Å²) < 4.78 is 16.8. The first-order valence-electron chi connectivity index (χ1n) is 10.4. The van der Waals surface area contributed by atoms with Crippen molar-refractivity contribution in [2.45, 2.75) is 45.8 Å². The van der Waals surface area contributed by atoms with E-state index in [0.29, 0.717) is 19.3 Å². The summed E-state index contributed by atoms with van der Waals surface area (Å²) >= 11 is 0. The largest absolute Gasteiger partial charge is 0.486 e. The second-order valence-electron chi connectivity index (χ2n) is 8.50. The van der Waals surface area contributed by atoms with Crippen LogP contribution in [0.25, 0.3) is 0 Å². The van der Waals surface area contributed by atoms with E-state index in [1.807, 2.05) is 13.8 Å². The quantitative estimate of drug-likeness (QED) is 0.808. The summed E-state index contributed by atoms with van der Waals surface area (Å²) in [7, 11) is 0. The maximum Gasteiger partial charge on any atom is 0.161 e. The van der Waals surface area contributed by atoms with Crippen molar-refractivity contribution in [3.8, 4) is 11.5 Å². The number of fused-ring (bicyclic) bond motifs is 5. The topological polar surface area (TPSA) is 51.0 Å². The second kappa shape index (κ2) is 7.41. The van der Waals surface area contributed by atoms with Crippen LogP contribution < -0.4 is 9.47 Å². The van der Waals surface area contributed by atoms with Gasteiger partial charge >= 0.3 is 0 Å². The highest BCUT2D eigenvalue weighted by atomic mass is 16.6. The number of aromatic nitrogens is 1. The molecule has 4 aliphatic heterocycles. The van der Waals surface area contributed by atoms with E-state index in [-0.39, 0.29) is 0 Å². The average molecular weight is 383 g/mol. The number of hydrogen-bond donors (Lipinski definition) is 0. The molecule has 0 radical (unpaired) electrons. The van der Waals surface area contributed by atoms with Crippen LogP contribution in [0, 0.1) is 19.8 Å². The molecule has 28 heavy (non-hydrogen) atoms. The van der Waals surface area contributed by atoms with E-state index < -0.39 is 0 Å². The lowest BCUT2D eigenvalue weighted by Crippen LogP contribution is -2.43. The summed E-state index contributed by atoms with van der Waals surface area (Å²) in [6, 6.07) is 7.01. The molecule has 0 amide bonds. The number of aryl methyl sites for hydroxylation is 2. The lowest BCUT2D eigenvalue weighted by Gasteiger charge is -2.36. The van der Waals surface area contributed by atoms with Gasteiger partial charge in [-0.05, 0) is 50.3 Å². The van der Waals surface area contributed by atoms with Crippen molar-refractivity contribution in [2.24, 2.45) is 5.92 Å². The van der Waals surface area contributed by atoms with Crippen LogP contribution in [0.1, 0.15) is 35.4 Å². The van der Waals surface area contributed by atoms with Crippen molar-refractivity contribution >= 4 is 0 Å². The van der Waals surface area contributed by atoms with Crippen LogP contribution in [-0.2, 0) is 13.1 Å². The van der Waals surface area contributed by atoms with E-state index >= 15 is 0 Å². The Morgan fingerprint density at radius 1 is 1.00 bits per heavy atom. The Bertz CT molecular complexity index is 830. The smallest absolute Gasteiger partial charge is 0.161 e. The summed E-state index contributed by atoms with van der Waals surface area (Å²) in [5.41, 5.74) is 3.61. The zero-order valence-electron chi connectivity index (χ0n) is 16.8. The van der Waals surface area contributed by atoms with Gasteiger partial charge in [-0.15, -0.1) is 0 Å². The molecule has 0 unspecified atom stereocenters. The van der Waals surface area contributed by atoms with E-state index in [4.69, 9.17) is 14.0 Å². The maximum absolute atomic E-state index is 5.77. The Balaban J connectivity index is 1.29. The number of rotatable bonds is 4. The van der Waals surface area contributed by atoms with Crippen molar-refractivity contribution in [1.29, 1.82) is 0 Å². The molecule has 2 bridgehead atoms. The first kappa shape index (κ1) is 18.0. The fourth-order valence-electron chi connectivity index (χ4n) is 4.97. The van der Waals surface area contributed by atoms with Gasteiger partial charge in [-0.1, -0.05) is 11.2 Å². The summed E-state index contributed by atoms with van der Waals surface area (Å²) in [4.78, 5) is 5.28. The molecular formula is C22H29N3O3. The van der Waals surface area contributed by atoms with Crippen molar-refractivity contribution in [3.05, 3.63) is 40.8 Å². The summed E-state index contributed by atoms with van der Waals surface area (Å²) in [5.74, 6) is 3.46. The molecular weight excluding hydrogens is 354 g/mol. The normalized spacial score (nSPS) is 25.1. The lowest BCUT2D eigenvalue weighted by molar-refractivity contribution is 0.122. The standard InChI is InChI=1S/C22H29N3O3/c1-15-20(16(2)28-23-15)14-24-10-18-3-5-19(13-24)25(12-18)11-17-4-6-21-22(9-17)27-8-7-26-21/h4,6,9,18-19H,3,5,7-8,10-14H2,1-2H3/t18-,19+/m1/s1. The summed E-state index contributed by atoms with van der Waals surface area (Å²) in [5, 5.41) is 4.13. The monoisotopic (exact) mass is 383 g/mol. The molecule has 2 atom stereocenters. The Kier molecular flexibility index (Phi) is 4.77. The van der Waals surface area contributed by atoms with Crippen molar-refractivity contribution in [1.82, 2.24) is 15.0 Å². The van der Waals surface area contributed by atoms with E-state index in [0.717, 1.165) is 55.1 Å². The number of nitrogens with zero attached hydrogens (tertiary/aromatic N) is 3. The predicted octanol–water partition coefficient (Wildman–Crippen LogP) is 3.16. The fourth-order valence-corrected chi connectivity index (χ4v) is 4.97. The first-order chi connectivity index (χ1) is 13.7. The van der Waals surface area contributed by atoms with Gasteiger partial charge in [0.25, 0.3) is 0 Å². The molecule has 6 rings (SSSR count). The van der Waals surface area contributed by atoms with E-state index in [1.54, 1.807) is 0 Å². The van der Waals surface area contributed by atoms with Crippen LogP contribution in [0.2, 0.25) is 0 Å². The highest BCUT2D eigenvalue weighted by molar-refractivity contribution is 5.43. The molecule has 4 aliphatic rings. The Labute approximate surface area is 166 Å². The van der Waals surface area contributed by atoms with Crippen LogP contribution in [0.4, 0.5) is 0 Å². The molecule has 0 spiro atoms. The van der Waals surface area contributed by atoms with Crippen molar-refractivity contribution in [3.63, 3.8) is 0 Å². The summed E-state index contributed by atoms with van der Waals surface area (Å²) in [6.07, 6.45) is 2.62. The van der Waals surface area contributed by atoms with Gasteiger partial charge in [0, 0.05) is 44.3 Å². The zero-order chi connectivity index (χ0) is 19.1. The number of piperidine rings is 1. The van der Waals surface area contributed by atoms with Gasteiger partial charge < -0.3 is 14.0 Å². The molecule has 1 aromatic carbocycles. The Hall–Kier alpha value is -2.05. The van der Waals surface area contributed by atoms with Crippen molar-refractivity contribution < 1.29 is 14.0 Å². The molecule has 0 aliphatic carbocycles. The molecule has 150 valence electrons. The van der Waals surface area contributed by atoms with Gasteiger partial charge in [-0.3, -0.25) is 9.80 Å². The van der Waals surface area contributed by atoms with E-state index in [1.165, 1.54) is 30.5 Å². The maximum atomic E-state index is 5.77. The molecule has 0 saturated carbocycles. The van der Waals surface area contributed by atoms with Crippen molar-refractivity contribution in [2.75, 3.05) is 32.8 Å². The van der Waals surface area contributed by atoms with Crippen LogP contribution in [-0.4, -0.2) is 53.8 Å². The minimum atomic E-state index is 0.604. The molecule has 2 aromatic rings. The molecule has 3 saturated heterocycles. The molecule has 1 aromatic heterocycles. The SMILES string of the molecule is Cc1noc(C)c1CN1C[C@H]2CC[C@@H](C1)N(Cc1ccc3c(c1)OCCO3)C2. The zero-order valence-corrected chi connectivity index (χ0v) is 16.8. The highest BCUT2D eigenvalue weighted by Crippen LogP contribution is 2.34. The first-order valence-corrected chi connectivity index (χ1v) is 10.4. The fraction of sp³-hybridized carbons (Fsp3) is 0.591. The second-order valence-corrected chi connectivity index (χ2v) is 8.50. The third-order valence-electron chi connectivity index (χ3n) is 6.46. The number of ether oxygens (including phenoxy) is 2. The highest BCUT2D eigenvalue weighted by Gasteiger charge is 2.35. The van der Waals surface area contributed by atoms with Crippen LogP contribution in [0.3, 0.4) is 0 Å². The van der Waals surface area contributed by atoms with Crippen LogP contribution >= 0.6 is 0 Å². The minimum absolute atomic E-state index is 0.604. The molecule has 6 heteroatoms. The third-order valence-corrected chi connectivity index (χ3v) is 6.46. The van der Waals surface area contributed by atoms with Crippen LogP contribution in [0.5, 0.6) is 11.5 Å². The average Bonchev–Trinajstić information content (AvgIpc) is 2.88. The molecule has 3 fully saturated rings. The van der Waals surface area contributed by atoms with Gasteiger partial charge in [0.1, 0.15) is 19.0 Å². The lowest BCUT2D eigenvalue weighted by atomic mass is 9.94. The third kappa shape index (κ3) is 3.51. The Morgan fingerprint density at radius 2 is 1.86 bits per heavy atom. The van der Waals surface area contributed by atoms with Gasteiger partial charge in [-0.2, -0.15) is 0 Å². The van der Waals surface area contributed by atoms with E-state index in [2.05, 4.69) is 33.2 Å². The summed E-state index contributed by atoms with van der Waals surface area (Å²) in [6.45, 7) is 10.7. The Morgan fingerprint density at radius 3 is 2.68 bits per heavy atom. The van der Waals surface area contributed by atoms with Gasteiger partial charge in [0.15, 0.2) is 11.5 Å². The van der Waals surface area contributed by atoms with E-state index in [9.17, 15) is 0 Å². The van der Waals surface area contributed by atoms with Crippen LogP contribution in [0.15, 0.2) is 22.7 Å². The van der Waals surface area contributed by atoms with Gasteiger partial charge in [-0.25, -0.2) is 0 Å². The predicted molar refractivity (Wildman–Crippen MR) is 106 cm³/mol. The minimum Gasteiger partial charge on any atom is -0.486 e. The molecule has 6 nitrogen and oxygen atoms in total. The molecule has 0 N–H and O–H groups in total.